The minimum absolute atomic E-state index is 0.0448. The second-order valence-electron chi connectivity index (χ2n) is 12.5. The normalized spacial score (nSPS) is 17.1. The molecule has 3 N–H and O–H groups in total. The fourth-order valence-corrected chi connectivity index (χ4v) is 6.71. The molecule has 0 saturated carbocycles. The van der Waals surface area contributed by atoms with Crippen molar-refractivity contribution in [1.82, 2.24) is 19.8 Å². The Labute approximate surface area is 265 Å². The summed E-state index contributed by atoms with van der Waals surface area (Å²) in [6.07, 6.45) is 2.84. The molecular formula is C36H44N6O3. The second kappa shape index (κ2) is 13.3. The zero-order valence-corrected chi connectivity index (χ0v) is 26.6. The average Bonchev–Trinajstić information content (AvgIpc) is 3.41. The first kappa shape index (κ1) is 30.6. The minimum atomic E-state index is -0.263. The van der Waals surface area contributed by atoms with Crippen molar-refractivity contribution in [2.24, 2.45) is 5.73 Å². The molecule has 4 aromatic rings. The lowest BCUT2D eigenvalue weighted by molar-refractivity contribution is -0.132. The Morgan fingerprint density at radius 2 is 1.89 bits per heavy atom. The van der Waals surface area contributed by atoms with E-state index in [9.17, 15) is 9.59 Å². The molecule has 3 heterocycles. The minimum Gasteiger partial charge on any atom is -0.490 e. The van der Waals surface area contributed by atoms with Crippen LogP contribution in [0.25, 0.3) is 22.2 Å². The molecule has 2 aliphatic rings. The van der Waals surface area contributed by atoms with Crippen LogP contribution in [-0.4, -0.2) is 72.1 Å². The maximum absolute atomic E-state index is 13.5. The summed E-state index contributed by atoms with van der Waals surface area (Å²) in [4.78, 5) is 34.3. The van der Waals surface area contributed by atoms with Crippen LogP contribution in [0.5, 0.6) is 5.75 Å². The number of aryl methyl sites for hydroxylation is 1. The standard InChI is InChI=1S/C36H44N6O3/c1-24-6-4-8-32-35(24)39-36(42(32)17-15-38-25(2)43)29-7-5-16-41(23-29)34(44)22-30(37)20-26-9-11-27(12-10-26)28-13-14-31-33(21-28)45-19-18-40(31)3/h4,6,8-14,21,29-30H,5,7,15-20,22-23,37H2,1-3H3,(H,38,43)/t29-,30-/m1/s1. The van der Waals surface area contributed by atoms with E-state index in [1.54, 1.807) is 0 Å². The van der Waals surface area contributed by atoms with E-state index >= 15 is 0 Å². The summed E-state index contributed by atoms with van der Waals surface area (Å²) in [7, 11) is 2.09. The van der Waals surface area contributed by atoms with Gasteiger partial charge in [0, 0.05) is 58.5 Å². The van der Waals surface area contributed by atoms with Crippen LogP contribution < -0.4 is 20.7 Å². The fourth-order valence-electron chi connectivity index (χ4n) is 6.71. The molecule has 6 rings (SSSR count). The molecule has 9 nitrogen and oxygen atoms in total. The summed E-state index contributed by atoms with van der Waals surface area (Å²) >= 11 is 0. The number of carbonyl (C=O) groups excluding carboxylic acids is 2. The summed E-state index contributed by atoms with van der Waals surface area (Å²) < 4.78 is 8.11. The topological polar surface area (TPSA) is 106 Å². The molecule has 1 saturated heterocycles. The van der Waals surface area contributed by atoms with Crippen molar-refractivity contribution in [3.8, 4) is 16.9 Å². The third-order valence-corrected chi connectivity index (χ3v) is 9.14. The summed E-state index contributed by atoms with van der Waals surface area (Å²) in [6, 6.07) is 20.8. The van der Waals surface area contributed by atoms with E-state index < -0.39 is 0 Å². The monoisotopic (exact) mass is 608 g/mol. The molecule has 1 fully saturated rings. The largest absolute Gasteiger partial charge is 0.490 e. The van der Waals surface area contributed by atoms with Crippen molar-refractivity contribution >= 4 is 28.5 Å². The Balaban J connectivity index is 1.08. The number of hydrogen-bond acceptors (Lipinski definition) is 6. The van der Waals surface area contributed by atoms with Gasteiger partial charge in [0.1, 0.15) is 18.2 Å². The molecule has 0 spiro atoms. The van der Waals surface area contributed by atoms with Crippen molar-refractivity contribution in [3.63, 3.8) is 0 Å². The number of aromatic nitrogens is 2. The van der Waals surface area contributed by atoms with Crippen LogP contribution in [0, 0.1) is 6.92 Å². The van der Waals surface area contributed by atoms with E-state index in [2.05, 4.69) is 83.4 Å². The molecule has 45 heavy (non-hydrogen) atoms. The number of rotatable bonds is 9. The number of benzene rings is 3. The predicted molar refractivity (Wildman–Crippen MR) is 179 cm³/mol. The summed E-state index contributed by atoms with van der Waals surface area (Å²) in [5.41, 5.74) is 14.2. The van der Waals surface area contributed by atoms with Gasteiger partial charge < -0.3 is 30.2 Å². The van der Waals surface area contributed by atoms with Crippen LogP contribution in [0.1, 0.15) is 49.1 Å². The quantitative estimate of drug-likeness (QED) is 0.287. The Bertz CT molecular complexity index is 1680. The fraction of sp³-hybridized carbons (Fsp3) is 0.417. The Kier molecular flexibility index (Phi) is 9.07. The van der Waals surface area contributed by atoms with E-state index in [1.807, 2.05) is 11.0 Å². The van der Waals surface area contributed by atoms with Crippen molar-refractivity contribution in [2.75, 3.05) is 44.7 Å². The van der Waals surface area contributed by atoms with E-state index in [0.717, 1.165) is 76.5 Å². The van der Waals surface area contributed by atoms with Crippen LogP contribution >= 0.6 is 0 Å². The van der Waals surface area contributed by atoms with Gasteiger partial charge in [-0.25, -0.2) is 4.98 Å². The molecule has 0 radical (unpaired) electrons. The number of fused-ring (bicyclic) bond motifs is 2. The van der Waals surface area contributed by atoms with Gasteiger partial charge in [0.2, 0.25) is 11.8 Å². The van der Waals surface area contributed by atoms with Crippen molar-refractivity contribution in [2.45, 2.75) is 58.0 Å². The highest BCUT2D eigenvalue weighted by Gasteiger charge is 2.29. The lowest BCUT2D eigenvalue weighted by Crippen LogP contribution is -2.42. The van der Waals surface area contributed by atoms with Crippen molar-refractivity contribution in [3.05, 3.63) is 77.6 Å². The number of hydrogen-bond donors (Lipinski definition) is 2. The number of imidazole rings is 1. The van der Waals surface area contributed by atoms with Crippen LogP contribution in [0.2, 0.25) is 0 Å². The number of nitrogens with zero attached hydrogens (tertiary/aromatic N) is 4. The predicted octanol–water partition coefficient (Wildman–Crippen LogP) is 4.64. The summed E-state index contributed by atoms with van der Waals surface area (Å²) in [5, 5.41) is 2.91. The number of nitrogens with two attached hydrogens (primary N) is 1. The smallest absolute Gasteiger partial charge is 0.224 e. The number of likely N-dealkylation sites (tertiary alicyclic amines) is 1. The number of anilines is 1. The zero-order chi connectivity index (χ0) is 31.5. The Morgan fingerprint density at radius 1 is 1.09 bits per heavy atom. The third-order valence-electron chi connectivity index (χ3n) is 9.14. The van der Waals surface area contributed by atoms with Gasteiger partial charge in [-0.3, -0.25) is 9.59 Å². The first-order valence-corrected chi connectivity index (χ1v) is 16.1. The molecule has 0 aliphatic carbocycles. The highest BCUT2D eigenvalue weighted by atomic mass is 16.5. The van der Waals surface area contributed by atoms with Crippen LogP contribution in [-0.2, 0) is 22.6 Å². The maximum Gasteiger partial charge on any atom is 0.224 e. The van der Waals surface area contributed by atoms with Gasteiger partial charge in [0.25, 0.3) is 0 Å². The number of piperidine rings is 1. The third kappa shape index (κ3) is 6.83. The van der Waals surface area contributed by atoms with Gasteiger partial charge in [-0.05, 0) is 66.6 Å². The number of carbonyl (C=O) groups is 2. The Morgan fingerprint density at radius 3 is 2.69 bits per heavy atom. The molecule has 0 bridgehead atoms. The zero-order valence-electron chi connectivity index (χ0n) is 26.6. The van der Waals surface area contributed by atoms with Gasteiger partial charge in [0.05, 0.1) is 23.3 Å². The Hall–Kier alpha value is -4.37. The van der Waals surface area contributed by atoms with E-state index in [0.29, 0.717) is 39.1 Å². The number of amides is 2. The lowest BCUT2D eigenvalue weighted by Gasteiger charge is -2.33. The highest BCUT2D eigenvalue weighted by Crippen LogP contribution is 2.35. The van der Waals surface area contributed by atoms with Gasteiger partial charge in [-0.1, -0.05) is 42.5 Å². The van der Waals surface area contributed by atoms with Gasteiger partial charge in [-0.15, -0.1) is 0 Å². The highest BCUT2D eigenvalue weighted by molar-refractivity contribution is 5.80. The van der Waals surface area contributed by atoms with Gasteiger partial charge >= 0.3 is 0 Å². The number of nitrogens with one attached hydrogen (secondary N) is 1. The van der Waals surface area contributed by atoms with Gasteiger partial charge in [-0.2, -0.15) is 0 Å². The molecule has 0 unspecified atom stereocenters. The van der Waals surface area contributed by atoms with E-state index in [4.69, 9.17) is 15.5 Å². The summed E-state index contributed by atoms with van der Waals surface area (Å²) in [6.45, 7) is 7.74. The number of likely N-dealkylation sites (N-methyl/N-ethyl adjacent to an activating group) is 1. The molecule has 2 atom stereocenters. The first-order chi connectivity index (χ1) is 21.8. The summed E-state index contributed by atoms with van der Waals surface area (Å²) in [5.74, 6) is 2.09. The average molecular weight is 609 g/mol. The molecule has 3 aromatic carbocycles. The number of ether oxygens (including phenoxy) is 1. The van der Waals surface area contributed by atoms with E-state index in [1.165, 1.54) is 6.92 Å². The van der Waals surface area contributed by atoms with E-state index in [-0.39, 0.29) is 23.8 Å². The van der Waals surface area contributed by atoms with Crippen LogP contribution in [0.4, 0.5) is 5.69 Å². The molecule has 2 amide bonds. The van der Waals surface area contributed by atoms with Crippen molar-refractivity contribution in [1.29, 1.82) is 0 Å². The lowest BCUT2D eigenvalue weighted by atomic mass is 9.95. The van der Waals surface area contributed by atoms with Crippen molar-refractivity contribution < 1.29 is 14.3 Å². The molecule has 1 aromatic heterocycles. The molecular weight excluding hydrogens is 564 g/mol. The van der Waals surface area contributed by atoms with Crippen LogP contribution in [0.3, 0.4) is 0 Å². The van der Waals surface area contributed by atoms with Gasteiger partial charge in [0.15, 0.2) is 0 Å². The molecule has 2 aliphatic heterocycles. The second-order valence-corrected chi connectivity index (χ2v) is 12.5. The molecule has 236 valence electrons. The number of para-hydroxylation sites is 1. The van der Waals surface area contributed by atoms with Crippen LogP contribution in [0.15, 0.2) is 60.7 Å². The SMILES string of the molecule is CC(=O)NCCn1c([C@@H]2CCCN(C(=O)C[C@H](N)Cc3ccc(-c4ccc5c(c4)OCCN5C)cc3)C2)nc2c(C)cccc21. The first-order valence-electron chi connectivity index (χ1n) is 16.1. The molecule has 9 heteroatoms. The maximum atomic E-state index is 13.5.